The first-order chi connectivity index (χ1) is 14.2. The van der Waals surface area contributed by atoms with E-state index in [4.69, 9.17) is 21.6 Å². The molecule has 0 heterocycles. The number of carboxylic acids is 1. The van der Waals surface area contributed by atoms with Crippen molar-refractivity contribution in [3.05, 3.63) is 53.6 Å². The molecule has 0 aliphatic rings. The van der Waals surface area contributed by atoms with Crippen LogP contribution in [0.2, 0.25) is 0 Å². The van der Waals surface area contributed by atoms with Crippen LogP contribution in [0.1, 0.15) is 30.0 Å². The number of anilines is 2. The third kappa shape index (κ3) is 5.96. The predicted molar refractivity (Wildman–Crippen MR) is 112 cm³/mol. The topological polar surface area (TPSA) is 181 Å². The lowest BCUT2D eigenvalue weighted by atomic mass is 10.0. The maximum absolute atomic E-state index is 12.0. The van der Waals surface area contributed by atoms with Crippen LogP contribution in [0.5, 0.6) is 5.75 Å². The minimum atomic E-state index is -1.14. The van der Waals surface area contributed by atoms with Crippen LogP contribution in [0, 0.1) is 5.41 Å². The molecule has 0 radical (unpaired) electrons. The first-order valence-corrected chi connectivity index (χ1v) is 8.91. The van der Waals surface area contributed by atoms with Gasteiger partial charge in [-0.05, 0) is 42.0 Å². The molecule has 1 atom stereocenters. The molecule has 0 spiro atoms. The molecular weight excluding hydrogens is 390 g/mol. The highest BCUT2D eigenvalue weighted by molar-refractivity contribution is 5.95. The van der Waals surface area contributed by atoms with Crippen LogP contribution in [0.25, 0.3) is 0 Å². The number of benzene rings is 2. The summed E-state index contributed by atoms with van der Waals surface area (Å²) in [6, 6.07) is 9.88. The van der Waals surface area contributed by atoms with E-state index >= 15 is 0 Å². The Hall–Kier alpha value is -4.08. The number of methoxy groups -OCH3 is 1. The van der Waals surface area contributed by atoms with Crippen LogP contribution in [0.4, 0.5) is 11.4 Å². The van der Waals surface area contributed by atoms with Crippen molar-refractivity contribution in [1.82, 2.24) is 0 Å². The van der Waals surface area contributed by atoms with E-state index in [1.54, 1.807) is 30.3 Å². The lowest BCUT2D eigenvalue weighted by Crippen LogP contribution is -2.21. The van der Waals surface area contributed by atoms with Crippen LogP contribution >= 0.6 is 0 Å². The normalized spacial score (nSPS) is 11.2. The van der Waals surface area contributed by atoms with Crippen molar-refractivity contribution in [2.24, 2.45) is 11.5 Å². The smallest absolute Gasteiger partial charge is 0.330 e. The van der Waals surface area contributed by atoms with Gasteiger partial charge >= 0.3 is 5.97 Å². The number of nitrogens with two attached hydrogens (primary N) is 2. The van der Waals surface area contributed by atoms with Crippen molar-refractivity contribution >= 4 is 35.0 Å². The average molecular weight is 413 g/mol. The SMILES string of the molecule is COc1ccc(C(Nc2ccc(C(=N)N)cc2)C(=O)O)cc1NC(=O)CCC(N)=O. The van der Waals surface area contributed by atoms with Gasteiger partial charge < -0.3 is 31.9 Å². The van der Waals surface area contributed by atoms with E-state index in [0.717, 1.165) is 0 Å². The summed E-state index contributed by atoms with van der Waals surface area (Å²) < 4.78 is 5.21. The number of hydrogen-bond acceptors (Lipinski definition) is 6. The van der Waals surface area contributed by atoms with Gasteiger partial charge in [-0.3, -0.25) is 15.0 Å². The molecule has 2 aromatic carbocycles. The van der Waals surface area contributed by atoms with Gasteiger partial charge in [0.25, 0.3) is 0 Å². The molecule has 1 unspecified atom stereocenters. The van der Waals surface area contributed by atoms with E-state index in [2.05, 4.69) is 10.6 Å². The zero-order chi connectivity index (χ0) is 22.3. The Morgan fingerprint density at radius 2 is 1.77 bits per heavy atom. The maximum Gasteiger partial charge on any atom is 0.330 e. The van der Waals surface area contributed by atoms with E-state index in [9.17, 15) is 19.5 Å². The molecule has 2 aromatic rings. The van der Waals surface area contributed by atoms with Crippen LogP contribution in [-0.4, -0.2) is 35.8 Å². The quantitative estimate of drug-likeness (QED) is 0.251. The fourth-order valence-electron chi connectivity index (χ4n) is 2.65. The second-order valence-electron chi connectivity index (χ2n) is 6.38. The van der Waals surface area contributed by atoms with Gasteiger partial charge in [-0.25, -0.2) is 4.79 Å². The Bertz CT molecular complexity index is 959. The fraction of sp³-hybridized carbons (Fsp3) is 0.200. The summed E-state index contributed by atoms with van der Waals surface area (Å²) >= 11 is 0. The van der Waals surface area contributed by atoms with Crippen molar-refractivity contribution in [2.45, 2.75) is 18.9 Å². The number of hydrogen-bond donors (Lipinski definition) is 6. The lowest BCUT2D eigenvalue weighted by Gasteiger charge is -2.19. The standard InChI is InChI=1S/C20H23N5O5/c1-30-15-7-4-12(10-14(15)25-17(27)9-8-16(21)26)18(20(28)29)24-13-5-2-11(3-6-13)19(22)23/h2-7,10,18,24H,8-9H2,1H3,(H2,21,26)(H3,22,23)(H,25,27)(H,28,29). The monoisotopic (exact) mass is 413 g/mol. The molecule has 10 nitrogen and oxygen atoms in total. The van der Waals surface area contributed by atoms with Gasteiger partial charge in [0.15, 0.2) is 6.04 Å². The Labute approximate surface area is 172 Å². The van der Waals surface area contributed by atoms with Crippen LogP contribution in [0.3, 0.4) is 0 Å². The molecule has 0 fully saturated rings. The average Bonchev–Trinajstić information content (AvgIpc) is 2.70. The summed E-state index contributed by atoms with van der Waals surface area (Å²) in [7, 11) is 1.41. The first-order valence-electron chi connectivity index (χ1n) is 8.91. The van der Waals surface area contributed by atoms with E-state index in [-0.39, 0.29) is 24.4 Å². The molecule has 10 heteroatoms. The summed E-state index contributed by atoms with van der Waals surface area (Å²) in [6.07, 6.45) is -0.213. The minimum Gasteiger partial charge on any atom is -0.495 e. The number of ether oxygens (including phenoxy) is 1. The Morgan fingerprint density at radius 1 is 1.10 bits per heavy atom. The number of aliphatic carboxylic acids is 1. The second kappa shape index (κ2) is 9.92. The molecule has 0 aliphatic heterocycles. The van der Waals surface area contributed by atoms with Crippen molar-refractivity contribution in [3.8, 4) is 5.75 Å². The van der Waals surface area contributed by atoms with Gasteiger partial charge in [-0.15, -0.1) is 0 Å². The highest BCUT2D eigenvalue weighted by Crippen LogP contribution is 2.30. The molecule has 0 aromatic heterocycles. The number of amidine groups is 1. The molecule has 2 rings (SSSR count). The van der Waals surface area contributed by atoms with Crippen molar-refractivity contribution < 1.29 is 24.2 Å². The van der Waals surface area contributed by atoms with E-state index in [0.29, 0.717) is 22.6 Å². The number of nitrogens with one attached hydrogen (secondary N) is 3. The summed E-state index contributed by atoms with van der Waals surface area (Å²) in [6.45, 7) is 0. The van der Waals surface area contributed by atoms with Gasteiger partial charge in [0.2, 0.25) is 11.8 Å². The molecule has 0 bridgehead atoms. The number of carboxylic acid groups (broad SMARTS) is 1. The van der Waals surface area contributed by atoms with Gasteiger partial charge in [0.05, 0.1) is 12.8 Å². The Kier molecular flexibility index (Phi) is 7.34. The number of rotatable bonds is 10. The summed E-state index contributed by atoms with van der Waals surface area (Å²) in [5.74, 6) is -1.95. The van der Waals surface area contributed by atoms with Crippen molar-refractivity contribution in [1.29, 1.82) is 5.41 Å². The maximum atomic E-state index is 12.0. The zero-order valence-corrected chi connectivity index (χ0v) is 16.3. The molecule has 158 valence electrons. The molecule has 2 amide bonds. The van der Waals surface area contributed by atoms with Crippen molar-refractivity contribution in [3.63, 3.8) is 0 Å². The number of carbonyl (C=O) groups is 3. The van der Waals surface area contributed by atoms with Gasteiger partial charge in [-0.2, -0.15) is 0 Å². The lowest BCUT2D eigenvalue weighted by molar-refractivity contribution is -0.138. The molecule has 30 heavy (non-hydrogen) atoms. The van der Waals surface area contributed by atoms with E-state index in [1.807, 2.05) is 0 Å². The molecule has 0 saturated heterocycles. The Balaban J connectivity index is 2.26. The summed E-state index contributed by atoms with van der Waals surface area (Å²) in [5.41, 5.74) is 12.1. The number of primary amides is 1. The molecule has 0 saturated carbocycles. The predicted octanol–water partition coefficient (Wildman–Crippen LogP) is 1.42. The van der Waals surface area contributed by atoms with Crippen LogP contribution in [-0.2, 0) is 14.4 Å². The number of nitrogen functional groups attached to an aromatic ring is 1. The van der Waals surface area contributed by atoms with E-state index < -0.39 is 23.8 Å². The van der Waals surface area contributed by atoms with Gasteiger partial charge in [0, 0.05) is 24.1 Å². The number of amides is 2. The minimum absolute atomic E-state index is 0.0943. The third-order valence-electron chi connectivity index (χ3n) is 4.18. The largest absolute Gasteiger partial charge is 0.495 e. The summed E-state index contributed by atoms with van der Waals surface area (Å²) in [5, 5.41) is 22.6. The third-order valence-corrected chi connectivity index (χ3v) is 4.18. The van der Waals surface area contributed by atoms with Crippen LogP contribution in [0.15, 0.2) is 42.5 Å². The van der Waals surface area contributed by atoms with E-state index in [1.165, 1.54) is 19.2 Å². The second-order valence-corrected chi connectivity index (χ2v) is 6.38. The first kappa shape index (κ1) is 22.2. The number of carbonyl (C=O) groups excluding carboxylic acids is 2. The molecular formula is C20H23N5O5. The van der Waals surface area contributed by atoms with Gasteiger partial charge in [0.1, 0.15) is 11.6 Å². The van der Waals surface area contributed by atoms with Gasteiger partial charge in [-0.1, -0.05) is 6.07 Å². The van der Waals surface area contributed by atoms with Crippen LogP contribution < -0.4 is 26.8 Å². The highest BCUT2D eigenvalue weighted by atomic mass is 16.5. The molecule has 8 N–H and O–H groups in total. The fourth-order valence-corrected chi connectivity index (χ4v) is 2.65. The Morgan fingerprint density at radius 3 is 2.30 bits per heavy atom. The molecule has 0 aliphatic carbocycles. The van der Waals surface area contributed by atoms with Crippen molar-refractivity contribution in [2.75, 3.05) is 17.7 Å². The summed E-state index contributed by atoms with van der Waals surface area (Å²) in [4.78, 5) is 34.8. The highest BCUT2D eigenvalue weighted by Gasteiger charge is 2.22. The zero-order valence-electron chi connectivity index (χ0n) is 16.3.